The Labute approximate surface area is 190 Å². The molecule has 172 valence electrons. The maximum atomic E-state index is 12.9. The number of likely N-dealkylation sites (N-methyl/N-ethyl adjacent to an activating group) is 1. The van der Waals surface area contributed by atoms with E-state index in [0.717, 1.165) is 63.5 Å². The van der Waals surface area contributed by atoms with Gasteiger partial charge in [-0.2, -0.15) is 5.10 Å². The van der Waals surface area contributed by atoms with Crippen molar-refractivity contribution in [2.24, 2.45) is 5.92 Å². The van der Waals surface area contributed by atoms with Crippen molar-refractivity contribution in [1.29, 1.82) is 0 Å². The lowest BCUT2D eigenvalue weighted by atomic mass is 9.92. The number of likely N-dealkylation sites (tertiary alicyclic amines) is 1. The minimum Gasteiger partial charge on any atom is -0.342 e. The Balaban J connectivity index is 1.28. The summed E-state index contributed by atoms with van der Waals surface area (Å²) in [5.74, 6) is 0.497. The maximum absolute atomic E-state index is 12.9. The van der Waals surface area contributed by atoms with Gasteiger partial charge in [0.15, 0.2) is 0 Å². The van der Waals surface area contributed by atoms with E-state index in [9.17, 15) is 9.59 Å². The number of hydrogen-bond donors (Lipinski definition) is 0. The molecule has 0 radical (unpaired) electrons. The zero-order valence-electron chi connectivity index (χ0n) is 19.4. The number of hydrogen-bond acceptors (Lipinski definition) is 5. The number of piperazine rings is 1. The first-order valence-corrected chi connectivity index (χ1v) is 11.6. The van der Waals surface area contributed by atoms with Crippen LogP contribution in [0.3, 0.4) is 0 Å². The quantitative estimate of drug-likeness (QED) is 0.714. The van der Waals surface area contributed by atoms with Crippen molar-refractivity contribution >= 4 is 11.8 Å². The fraction of sp³-hybridized carbons (Fsp3) is 0.583. The molecule has 8 heteroatoms. The highest BCUT2D eigenvalue weighted by atomic mass is 16.2. The molecule has 32 heavy (non-hydrogen) atoms. The Kier molecular flexibility index (Phi) is 6.89. The van der Waals surface area contributed by atoms with Gasteiger partial charge in [-0.1, -0.05) is 6.92 Å². The monoisotopic (exact) mass is 438 g/mol. The molecule has 2 aliphatic rings. The lowest BCUT2D eigenvalue weighted by Gasteiger charge is -2.33. The van der Waals surface area contributed by atoms with Gasteiger partial charge in [-0.15, -0.1) is 0 Å². The summed E-state index contributed by atoms with van der Waals surface area (Å²) in [6.07, 6.45) is 5.45. The first-order chi connectivity index (χ1) is 15.4. The first kappa shape index (κ1) is 22.5. The number of amides is 2. The zero-order valence-corrected chi connectivity index (χ0v) is 19.4. The third-order valence-corrected chi connectivity index (χ3v) is 6.71. The summed E-state index contributed by atoms with van der Waals surface area (Å²) in [5, 5.41) is 4.39. The number of nitrogens with zero attached hydrogens (tertiary/aromatic N) is 6. The number of carbonyl (C=O) groups excluding carboxylic acids is 2. The molecule has 2 aliphatic heterocycles. The van der Waals surface area contributed by atoms with Gasteiger partial charge < -0.3 is 14.7 Å². The molecule has 1 unspecified atom stereocenters. The molecule has 0 N–H and O–H groups in total. The molecule has 2 fully saturated rings. The summed E-state index contributed by atoms with van der Waals surface area (Å²) < 4.78 is 1.85. The number of aromatic nitrogens is 3. The third-order valence-electron chi connectivity index (χ3n) is 6.71. The number of aryl methyl sites for hydroxylation is 1. The van der Waals surface area contributed by atoms with Gasteiger partial charge in [0, 0.05) is 63.3 Å². The van der Waals surface area contributed by atoms with Gasteiger partial charge in [-0.3, -0.25) is 19.3 Å². The van der Waals surface area contributed by atoms with Crippen molar-refractivity contribution in [3.63, 3.8) is 0 Å². The van der Waals surface area contributed by atoms with Crippen molar-refractivity contribution in [3.8, 4) is 0 Å². The summed E-state index contributed by atoms with van der Waals surface area (Å²) in [5.41, 5.74) is 2.65. The van der Waals surface area contributed by atoms with E-state index in [1.165, 1.54) is 0 Å². The third kappa shape index (κ3) is 5.18. The predicted octanol–water partition coefficient (Wildman–Crippen LogP) is 2.02. The smallest absolute Gasteiger partial charge is 0.255 e. The van der Waals surface area contributed by atoms with Gasteiger partial charge in [0.05, 0.1) is 23.7 Å². The van der Waals surface area contributed by atoms with Crippen LogP contribution in [0.5, 0.6) is 0 Å². The molecule has 0 aliphatic carbocycles. The van der Waals surface area contributed by atoms with Crippen LogP contribution < -0.4 is 0 Å². The van der Waals surface area contributed by atoms with Crippen LogP contribution in [0.1, 0.15) is 47.4 Å². The van der Waals surface area contributed by atoms with Crippen molar-refractivity contribution in [2.75, 3.05) is 46.3 Å². The highest BCUT2D eigenvalue weighted by molar-refractivity contribution is 5.94. The van der Waals surface area contributed by atoms with Crippen LogP contribution in [0.15, 0.2) is 30.6 Å². The van der Waals surface area contributed by atoms with Gasteiger partial charge in [0.25, 0.3) is 5.91 Å². The van der Waals surface area contributed by atoms with Crippen molar-refractivity contribution < 1.29 is 9.59 Å². The van der Waals surface area contributed by atoms with Crippen LogP contribution in [0.4, 0.5) is 0 Å². The average molecular weight is 439 g/mol. The van der Waals surface area contributed by atoms with Crippen LogP contribution >= 0.6 is 0 Å². The van der Waals surface area contributed by atoms with E-state index >= 15 is 0 Å². The molecular weight excluding hydrogens is 404 g/mol. The molecule has 2 aromatic heterocycles. The first-order valence-electron chi connectivity index (χ1n) is 11.6. The molecule has 2 saturated heterocycles. The van der Waals surface area contributed by atoms with Crippen molar-refractivity contribution in [3.05, 3.63) is 47.5 Å². The summed E-state index contributed by atoms with van der Waals surface area (Å²) >= 11 is 0. The molecule has 4 rings (SSSR count). The second kappa shape index (κ2) is 9.81. The van der Waals surface area contributed by atoms with Crippen LogP contribution in [0, 0.1) is 12.8 Å². The minimum absolute atomic E-state index is 0.0685. The van der Waals surface area contributed by atoms with Crippen LogP contribution in [-0.2, 0) is 11.3 Å². The van der Waals surface area contributed by atoms with E-state index in [1.807, 2.05) is 52.7 Å². The molecule has 0 bridgehead atoms. The molecule has 1 atom stereocenters. The van der Waals surface area contributed by atoms with E-state index in [1.54, 1.807) is 6.20 Å². The average Bonchev–Trinajstić information content (AvgIpc) is 3.23. The molecule has 8 nitrogen and oxygen atoms in total. The van der Waals surface area contributed by atoms with Crippen molar-refractivity contribution in [2.45, 2.75) is 39.2 Å². The normalized spacial score (nSPS) is 19.2. The Morgan fingerprint density at radius 2 is 1.75 bits per heavy atom. The number of pyridine rings is 1. The maximum Gasteiger partial charge on any atom is 0.255 e. The number of carbonyl (C=O) groups is 2. The SMILES string of the molecule is Cc1ccn(CC(C)C(=O)N2CCC(c3ccc(C(=O)N4CCN(C)CC4)cn3)CC2)n1. The minimum atomic E-state index is -0.0937. The Hall–Kier alpha value is -2.74. The molecular formula is C24H34N6O2. The van der Waals surface area contributed by atoms with E-state index in [-0.39, 0.29) is 17.7 Å². The van der Waals surface area contributed by atoms with Gasteiger partial charge in [0.2, 0.25) is 5.91 Å². The van der Waals surface area contributed by atoms with E-state index in [4.69, 9.17) is 0 Å². The standard InChI is InChI=1S/C24H34N6O2/c1-18(17-30-11-6-19(2)26-30)23(31)28-9-7-20(8-10-28)22-5-4-21(16-25-22)24(32)29-14-12-27(3)13-15-29/h4-6,11,16,18,20H,7-10,12-15,17H2,1-3H3. The van der Waals surface area contributed by atoms with E-state index < -0.39 is 0 Å². The molecule has 0 aromatic carbocycles. The second-order valence-electron chi connectivity index (χ2n) is 9.25. The fourth-order valence-corrected chi connectivity index (χ4v) is 4.60. The zero-order chi connectivity index (χ0) is 22.7. The number of piperidine rings is 1. The van der Waals surface area contributed by atoms with Gasteiger partial charge in [-0.05, 0) is 45.0 Å². The van der Waals surface area contributed by atoms with Gasteiger partial charge >= 0.3 is 0 Å². The Morgan fingerprint density at radius 3 is 2.34 bits per heavy atom. The topological polar surface area (TPSA) is 74.6 Å². The predicted molar refractivity (Wildman–Crippen MR) is 122 cm³/mol. The Morgan fingerprint density at radius 1 is 1.03 bits per heavy atom. The van der Waals surface area contributed by atoms with E-state index in [0.29, 0.717) is 18.0 Å². The van der Waals surface area contributed by atoms with Gasteiger partial charge in [-0.25, -0.2) is 0 Å². The van der Waals surface area contributed by atoms with Crippen LogP contribution in [0.25, 0.3) is 0 Å². The summed E-state index contributed by atoms with van der Waals surface area (Å²) in [4.78, 5) is 36.3. The molecule has 0 saturated carbocycles. The summed E-state index contributed by atoms with van der Waals surface area (Å²) in [7, 11) is 2.08. The fourth-order valence-electron chi connectivity index (χ4n) is 4.60. The largest absolute Gasteiger partial charge is 0.342 e. The number of rotatable bonds is 5. The molecule has 0 spiro atoms. The Bertz CT molecular complexity index is 924. The lowest BCUT2D eigenvalue weighted by molar-refractivity contribution is -0.136. The second-order valence-corrected chi connectivity index (χ2v) is 9.25. The highest BCUT2D eigenvalue weighted by Crippen LogP contribution is 2.27. The van der Waals surface area contributed by atoms with Gasteiger partial charge in [0.1, 0.15) is 0 Å². The summed E-state index contributed by atoms with van der Waals surface area (Å²) in [6.45, 7) is 9.38. The van der Waals surface area contributed by atoms with Crippen molar-refractivity contribution in [1.82, 2.24) is 29.5 Å². The van der Waals surface area contributed by atoms with E-state index in [2.05, 4.69) is 22.0 Å². The summed E-state index contributed by atoms with van der Waals surface area (Å²) in [6, 6.07) is 5.86. The lowest BCUT2D eigenvalue weighted by Crippen LogP contribution is -2.47. The molecule has 2 amide bonds. The van der Waals surface area contributed by atoms with Crippen LogP contribution in [0.2, 0.25) is 0 Å². The van der Waals surface area contributed by atoms with Crippen LogP contribution in [-0.4, -0.2) is 87.6 Å². The molecule has 2 aromatic rings. The highest BCUT2D eigenvalue weighted by Gasteiger charge is 2.28. The molecule has 4 heterocycles.